The summed E-state index contributed by atoms with van der Waals surface area (Å²) in [6, 6.07) is 0. The van der Waals surface area contributed by atoms with Gasteiger partial charge in [-0.15, -0.1) is 0 Å². The average Bonchev–Trinajstić information content (AvgIpc) is 3.34. The normalized spacial score (nSPS) is 53.5. The first-order valence-electron chi connectivity index (χ1n) is 27.1. The average molecular weight is 1070 g/mol. The van der Waals surface area contributed by atoms with Crippen molar-refractivity contribution in [1.29, 1.82) is 0 Å². The van der Waals surface area contributed by atoms with Gasteiger partial charge in [-0.05, 0) is 116 Å². The summed E-state index contributed by atoms with van der Waals surface area (Å²) < 4.78 is 48.3. The van der Waals surface area contributed by atoms with Gasteiger partial charge in [0.25, 0.3) is 0 Å². The van der Waals surface area contributed by atoms with Crippen LogP contribution >= 0.6 is 0 Å². The Kier molecular flexibility index (Phi) is 15.8. The van der Waals surface area contributed by atoms with Crippen molar-refractivity contribution in [3.8, 4) is 0 Å². The number of carboxylic acids is 1. The summed E-state index contributed by atoms with van der Waals surface area (Å²) >= 11 is 0. The Morgan fingerprint density at radius 1 is 0.640 bits per heavy atom. The minimum Gasteiger partial charge on any atom is -0.479 e. The van der Waals surface area contributed by atoms with Gasteiger partial charge in [0.2, 0.25) is 6.29 Å². The van der Waals surface area contributed by atoms with Crippen molar-refractivity contribution in [2.75, 3.05) is 13.2 Å². The van der Waals surface area contributed by atoms with Crippen LogP contribution in [0.2, 0.25) is 0 Å². The van der Waals surface area contributed by atoms with Crippen molar-refractivity contribution >= 4 is 11.9 Å². The number of hydrogen-bond acceptors (Lipinski definition) is 21. The Morgan fingerprint density at radius 2 is 1.28 bits per heavy atom. The second-order valence-electron chi connectivity index (χ2n) is 25.8. The zero-order valence-corrected chi connectivity index (χ0v) is 44.3. The van der Waals surface area contributed by atoms with Crippen molar-refractivity contribution < 1.29 is 109 Å². The van der Waals surface area contributed by atoms with E-state index in [4.69, 9.17) is 37.9 Å². The quantitative estimate of drug-likeness (QED) is 0.0761. The van der Waals surface area contributed by atoms with Gasteiger partial charge in [0.1, 0.15) is 79.4 Å². The maximum absolute atomic E-state index is 14.8. The van der Waals surface area contributed by atoms with Crippen molar-refractivity contribution in [2.24, 2.45) is 50.2 Å². The number of fused-ring (bicyclic) bond motifs is 7. The van der Waals surface area contributed by atoms with Crippen LogP contribution in [-0.2, 0) is 47.5 Å². The number of carbonyl (C=O) groups is 2. The number of aliphatic hydroxyl groups excluding tert-OH is 11. The fourth-order valence-corrected chi connectivity index (χ4v) is 16.2. The molecule has 428 valence electrons. The van der Waals surface area contributed by atoms with E-state index in [-0.39, 0.29) is 39.4 Å². The highest BCUT2D eigenvalue weighted by molar-refractivity contribution is 5.79. The molecule has 9 aliphatic rings. The molecule has 4 aliphatic heterocycles. The number of aliphatic hydroxyl groups is 11. The van der Waals surface area contributed by atoms with Crippen LogP contribution in [0.15, 0.2) is 11.6 Å². The van der Waals surface area contributed by atoms with Crippen molar-refractivity contribution in [3.05, 3.63) is 11.6 Å². The van der Waals surface area contributed by atoms with E-state index in [1.165, 1.54) is 12.5 Å². The zero-order chi connectivity index (χ0) is 54.9. The van der Waals surface area contributed by atoms with Crippen LogP contribution in [-0.4, -0.2) is 209 Å². The standard InChI is InChI=1S/C53H84O22/c1-22-30(56)33(59)36(62)44(69-22)72-39-38(64)40(42(65)66)73-46(41(39)74-43-35(61)31(57)25(55)21-68-43)71-29-12-13-50(6)27(49(29,4)5)11-14-52(8)28(50)10-9-23-24-19-48(2,3)15-17-53(24,18-16-51(23,52)7)47(67)75-45-37(63)34(60)32(58)26(20-54)70-45/h9,22,24-41,43-46,54-64H,10-21H2,1-8H3,(H,65,66). The maximum atomic E-state index is 14.8. The summed E-state index contributed by atoms with van der Waals surface area (Å²) in [7, 11) is 0. The number of carbonyl (C=O) groups excluding carboxylic acids is 1. The molecule has 8 fully saturated rings. The predicted octanol–water partition coefficient (Wildman–Crippen LogP) is -0.276. The van der Waals surface area contributed by atoms with Crippen LogP contribution in [0, 0.1) is 50.2 Å². The smallest absolute Gasteiger partial charge is 0.335 e. The molecule has 27 atom stereocenters. The molecule has 27 unspecified atom stereocenters. The highest BCUT2D eigenvalue weighted by Gasteiger charge is 2.70. The van der Waals surface area contributed by atoms with E-state index in [1.54, 1.807) is 0 Å². The van der Waals surface area contributed by atoms with Crippen LogP contribution in [0.1, 0.15) is 120 Å². The SMILES string of the molecule is CC1OC(OC2C(O)C(C(=O)O)OC(OC3CCC4(C)C(CCC5(C)C4CC=C4C6CC(C)(C)CCC6(C(=O)OC6OC(CO)C(O)C(O)C6O)CCC45C)C3(C)C)C2OC2OCC(O)C(O)C2O)C(O)C(O)C1O. The largest absolute Gasteiger partial charge is 0.479 e. The molecule has 4 saturated carbocycles. The number of esters is 1. The topological polar surface area (TPSA) is 351 Å². The van der Waals surface area contributed by atoms with Gasteiger partial charge in [0.05, 0.1) is 30.8 Å². The molecular weight excluding hydrogens is 989 g/mol. The van der Waals surface area contributed by atoms with Crippen LogP contribution in [0.3, 0.4) is 0 Å². The molecule has 0 radical (unpaired) electrons. The van der Waals surface area contributed by atoms with Gasteiger partial charge < -0.3 is 99.2 Å². The lowest BCUT2D eigenvalue weighted by atomic mass is 9.33. The van der Waals surface area contributed by atoms with Gasteiger partial charge in [0.15, 0.2) is 25.0 Å². The molecule has 4 saturated heterocycles. The molecule has 75 heavy (non-hydrogen) atoms. The van der Waals surface area contributed by atoms with Gasteiger partial charge >= 0.3 is 11.9 Å². The van der Waals surface area contributed by atoms with E-state index in [9.17, 15) is 70.9 Å². The highest BCUT2D eigenvalue weighted by Crippen LogP contribution is 2.76. The molecule has 4 heterocycles. The Labute approximate surface area is 437 Å². The van der Waals surface area contributed by atoms with E-state index < -0.39 is 159 Å². The number of hydrogen-bond donors (Lipinski definition) is 12. The fourth-order valence-electron chi connectivity index (χ4n) is 16.2. The molecule has 0 aromatic carbocycles. The molecule has 0 bridgehead atoms. The third-order valence-electron chi connectivity index (χ3n) is 21.0. The van der Waals surface area contributed by atoms with Crippen LogP contribution < -0.4 is 0 Å². The Hall–Kier alpha value is -2.04. The summed E-state index contributed by atoms with van der Waals surface area (Å²) in [4.78, 5) is 27.6. The first-order chi connectivity index (χ1) is 35.0. The van der Waals surface area contributed by atoms with Crippen molar-refractivity contribution in [1.82, 2.24) is 0 Å². The Balaban J connectivity index is 0.994. The van der Waals surface area contributed by atoms with E-state index in [0.717, 1.165) is 32.1 Å². The molecule has 0 spiro atoms. The molecular formula is C53H84O22. The van der Waals surface area contributed by atoms with Crippen LogP contribution in [0.4, 0.5) is 0 Å². The van der Waals surface area contributed by atoms with Crippen molar-refractivity contribution in [3.63, 3.8) is 0 Å². The summed E-state index contributed by atoms with van der Waals surface area (Å²) in [6.45, 7) is 16.0. The Bertz CT molecular complexity index is 2120. The van der Waals surface area contributed by atoms with E-state index in [2.05, 4.69) is 54.5 Å². The lowest BCUT2D eigenvalue weighted by Crippen LogP contribution is -2.68. The van der Waals surface area contributed by atoms with E-state index in [0.29, 0.717) is 32.1 Å². The summed E-state index contributed by atoms with van der Waals surface area (Å²) in [6.07, 6.45) is -23.3. The van der Waals surface area contributed by atoms with E-state index >= 15 is 0 Å². The van der Waals surface area contributed by atoms with Gasteiger partial charge in [-0.3, -0.25) is 4.79 Å². The fraction of sp³-hybridized carbons (Fsp3) is 0.925. The third-order valence-corrected chi connectivity index (χ3v) is 21.0. The molecule has 0 amide bonds. The number of carboxylic acid groups (broad SMARTS) is 1. The lowest BCUT2D eigenvalue weighted by Gasteiger charge is -2.71. The van der Waals surface area contributed by atoms with Gasteiger partial charge in [-0.25, -0.2) is 4.79 Å². The van der Waals surface area contributed by atoms with Gasteiger partial charge in [-0.1, -0.05) is 60.1 Å². The van der Waals surface area contributed by atoms with Crippen LogP contribution in [0.5, 0.6) is 0 Å². The second-order valence-corrected chi connectivity index (χ2v) is 25.8. The first kappa shape index (κ1) is 57.6. The molecule has 0 aromatic heterocycles. The predicted molar refractivity (Wildman–Crippen MR) is 256 cm³/mol. The molecule has 22 heteroatoms. The zero-order valence-electron chi connectivity index (χ0n) is 44.3. The monoisotopic (exact) mass is 1070 g/mol. The lowest BCUT2D eigenvalue weighted by molar-refractivity contribution is -0.390. The minimum atomic E-state index is -2.04. The molecule has 12 N–H and O–H groups in total. The van der Waals surface area contributed by atoms with Crippen molar-refractivity contribution in [2.45, 2.75) is 242 Å². The maximum Gasteiger partial charge on any atom is 0.335 e. The summed E-state index contributed by atoms with van der Waals surface area (Å²) in [5.74, 6) is -2.12. The number of ether oxygens (including phenoxy) is 8. The Morgan fingerprint density at radius 3 is 1.96 bits per heavy atom. The molecule has 9 rings (SSSR count). The first-order valence-corrected chi connectivity index (χ1v) is 27.1. The number of rotatable bonds is 10. The van der Waals surface area contributed by atoms with Gasteiger partial charge in [-0.2, -0.15) is 0 Å². The van der Waals surface area contributed by atoms with Gasteiger partial charge in [0, 0.05) is 0 Å². The van der Waals surface area contributed by atoms with Crippen LogP contribution in [0.25, 0.3) is 0 Å². The summed E-state index contributed by atoms with van der Waals surface area (Å²) in [5, 5.41) is 128. The van der Waals surface area contributed by atoms with E-state index in [1.807, 2.05) is 0 Å². The number of allylic oxidation sites excluding steroid dienone is 2. The minimum absolute atomic E-state index is 0.0291. The second kappa shape index (κ2) is 20.5. The highest BCUT2D eigenvalue weighted by atomic mass is 16.8. The third kappa shape index (κ3) is 9.36. The number of aliphatic carboxylic acids is 1. The summed E-state index contributed by atoms with van der Waals surface area (Å²) in [5.41, 5.74) is -1.31. The molecule has 5 aliphatic carbocycles. The molecule has 0 aromatic rings. The molecule has 22 nitrogen and oxygen atoms in total.